The van der Waals surface area contributed by atoms with Gasteiger partial charge in [0.05, 0.1) is 24.8 Å². The monoisotopic (exact) mass is 570 g/mol. The lowest BCUT2D eigenvalue weighted by Crippen LogP contribution is -2.45. The minimum atomic E-state index is -4.39. The van der Waals surface area contributed by atoms with Gasteiger partial charge < -0.3 is 24.4 Å². The van der Waals surface area contributed by atoms with Crippen LogP contribution < -0.4 is 14.8 Å². The summed E-state index contributed by atoms with van der Waals surface area (Å²) in [4.78, 5) is 26.7. The number of esters is 1. The first-order valence-electron chi connectivity index (χ1n) is 13.4. The second kappa shape index (κ2) is 13.0. The van der Waals surface area contributed by atoms with Gasteiger partial charge in [-0.15, -0.1) is 0 Å². The van der Waals surface area contributed by atoms with E-state index >= 15 is 0 Å². The molecule has 3 aromatic carbocycles. The first kappa shape index (κ1) is 29.8. The van der Waals surface area contributed by atoms with E-state index < -0.39 is 23.3 Å². The minimum absolute atomic E-state index is 0.142. The van der Waals surface area contributed by atoms with Gasteiger partial charge >= 0.3 is 18.2 Å². The second-order valence-corrected chi connectivity index (χ2v) is 10.0. The van der Waals surface area contributed by atoms with Gasteiger partial charge in [-0.05, 0) is 61.4 Å². The first-order valence-corrected chi connectivity index (χ1v) is 13.4. The number of carbonyl (C=O) groups is 2. The Kier molecular flexibility index (Phi) is 9.42. The third kappa shape index (κ3) is 8.15. The molecule has 0 spiro atoms. The maximum atomic E-state index is 12.8. The highest BCUT2D eigenvalue weighted by atomic mass is 19.4. The van der Waals surface area contributed by atoms with Crippen LogP contribution in [0.2, 0.25) is 0 Å². The molecule has 218 valence electrons. The molecule has 0 bridgehead atoms. The van der Waals surface area contributed by atoms with Crippen molar-refractivity contribution in [2.45, 2.75) is 51.1 Å². The van der Waals surface area contributed by atoms with Crippen LogP contribution in [0.1, 0.15) is 37.0 Å². The summed E-state index contributed by atoms with van der Waals surface area (Å²) in [5, 5.41) is 2.89. The van der Waals surface area contributed by atoms with Crippen LogP contribution in [0, 0.1) is 0 Å². The lowest BCUT2D eigenvalue weighted by molar-refractivity contribution is -0.160. The normalized spacial score (nSPS) is 16.6. The molecular formula is C31H33F3N2O5. The number of urea groups is 1. The second-order valence-electron chi connectivity index (χ2n) is 10.0. The van der Waals surface area contributed by atoms with Crippen LogP contribution in [-0.4, -0.2) is 48.3 Å². The lowest BCUT2D eigenvalue weighted by atomic mass is 9.96. The number of para-hydroxylation sites is 1. The highest BCUT2D eigenvalue weighted by molar-refractivity contribution is 5.80. The van der Waals surface area contributed by atoms with Crippen molar-refractivity contribution in [1.29, 1.82) is 0 Å². The lowest BCUT2D eigenvalue weighted by Gasteiger charge is -2.28. The summed E-state index contributed by atoms with van der Waals surface area (Å²) >= 11 is 0. The number of rotatable bonds is 12. The van der Waals surface area contributed by atoms with Gasteiger partial charge in [-0.25, -0.2) is 9.59 Å². The van der Waals surface area contributed by atoms with Crippen molar-refractivity contribution in [2.75, 3.05) is 19.8 Å². The van der Waals surface area contributed by atoms with Crippen molar-refractivity contribution < 1.29 is 37.0 Å². The van der Waals surface area contributed by atoms with E-state index in [4.69, 9.17) is 14.2 Å². The number of ether oxygens (including phenoxy) is 3. The number of carbonyl (C=O) groups excluding carboxylic acids is 2. The summed E-state index contributed by atoms with van der Waals surface area (Å²) in [7, 11) is 0. The number of alkyl halides is 3. The molecule has 10 heteroatoms. The molecule has 2 atom stereocenters. The molecule has 2 amide bonds. The predicted molar refractivity (Wildman–Crippen MR) is 147 cm³/mol. The third-order valence-corrected chi connectivity index (χ3v) is 6.70. The molecule has 1 heterocycles. The number of hydrogen-bond acceptors (Lipinski definition) is 5. The largest absolute Gasteiger partial charge is 0.494 e. The Morgan fingerprint density at radius 3 is 2.24 bits per heavy atom. The summed E-state index contributed by atoms with van der Waals surface area (Å²) in [6.45, 7) is 4.71. The molecule has 0 saturated carbocycles. The number of hydrogen-bond donors (Lipinski definition) is 1. The smallest absolute Gasteiger partial charge is 0.416 e. The SMILES string of the molecule is CCOC(=O)C(C)(Cc1ccc(OCCC2CN(Cc3ccc(C(F)(F)F)cc3)C(=O)N2)cc1)Oc1ccccc1. The van der Waals surface area contributed by atoms with Gasteiger partial charge in [0, 0.05) is 25.9 Å². The fourth-order valence-electron chi connectivity index (χ4n) is 4.57. The summed E-state index contributed by atoms with van der Waals surface area (Å²) in [5.74, 6) is 0.761. The van der Waals surface area contributed by atoms with Gasteiger partial charge in [0.1, 0.15) is 11.5 Å². The molecule has 0 aromatic heterocycles. The van der Waals surface area contributed by atoms with Crippen molar-refractivity contribution in [2.24, 2.45) is 0 Å². The molecular weight excluding hydrogens is 537 g/mol. The molecule has 1 saturated heterocycles. The average molecular weight is 571 g/mol. The molecule has 1 aliphatic heterocycles. The van der Waals surface area contributed by atoms with Gasteiger partial charge in [-0.1, -0.05) is 42.5 Å². The molecule has 1 aliphatic rings. The topological polar surface area (TPSA) is 77.1 Å². The molecule has 7 nitrogen and oxygen atoms in total. The van der Waals surface area contributed by atoms with Crippen LogP contribution in [0.15, 0.2) is 78.9 Å². The standard InChI is InChI=1S/C31H33F3N2O5/c1-3-39-28(37)30(2,41-27-7-5-4-6-8-27)19-22-11-15-26(16-12-22)40-18-17-25-21-36(29(38)35-25)20-23-9-13-24(14-10-23)31(32,33)34/h4-16,25H,3,17-21H2,1-2H3,(H,35,38). The minimum Gasteiger partial charge on any atom is -0.494 e. The van der Waals surface area contributed by atoms with Crippen molar-refractivity contribution in [3.63, 3.8) is 0 Å². The molecule has 4 rings (SSSR count). The van der Waals surface area contributed by atoms with E-state index in [1.807, 2.05) is 42.5 Å². The zero-order valence-corrected chi connectivity index (χ0v) is 22.9. The molecule has 3 aromatic rings. The molecule has 2 unspecified atom stereocenters. The fraction of sp³-hybridized carbons (Fsp3) is 0.355. The zero-order chi connectivity index (χ0) is 29.5. The van der Waals surface area contributed by atoms with Crippen LogP contribution in [0.4, 0.5) is 18.0 Å². The van der Waals surface area contributed by atoms with Crippen molar-refractivity contribution in [3.05, 3.63) is 95.6 Å². The average Bonchev–Trinajstić information content (AvgIpc) is 3.28. The van der Waals surface area contributed by atoms with Crippen LogP contribution in [0.25, 0.3) is 0 Å². The van der Waals surface area contributed by atoms with E-state index in [0.29, 0.717) is 43.1 Å². The van der Waals surface area contributed by atoms with Gasteiger partial charge in [0.2, 0.25) is 5.60 Å². The quantitative estimate of drug-likeness (QED) is 0.270. The number of nitrogens with zero attached hydrogens (tertiary/aromatic N) is 1. The number of halogens is 3. The predicted octanol–water partition coefficient (Wildman–Crippen LogP) is 6.01. The molecule has 41 heavy (non-hydrogen) atoms. The van der Waals surface area contributed by atoms with Crippen molar-refractivity contribution in [3.8, 4) is 11.5 Å². The first-order chi connectivity index (χ1) is 19.6. The number of nitrogens with one attached hydrogen (secondary N) is 1. The van der Waals surface area contributed by atoms with Crippen LogP contribution in [0.3, 0.4) is 0 Å². The number of benzene rings is 3. The highest BCUT2D eigenvalue weighted by Gasteiger charge is 2.38. The Morgan fingerprint density at radius 1 is 0.951 bits per heavy atom. The summed E-state index contributed by atoms with van der Waals surface area (Å²) in [6.07, 6.45) is -3.54. The maximum Gasteiger partial charge on any atom is 0.416 e. The molecule has 1 fully saturated rings. The zero-order valence-electron chi connectivity index (χ0n) is 22.9. The molecule has 0 radical (unpaired) electrons. The van der Waals surface area contributed by atoms with Gasteiger partial charge in [-0.2, -0.15) is 13.2 Å². The van der Waals surface area contributed by atoms with E-state index in [9.17, 15) is 22.8 Å². The van der Waals surface area contributed by atoms with Gasteiger partial charge in [0.25, 0.3) is 0 Å². The molecule has 0 aliphatic carbocycles. The summed E-state index contributed by atoms with van der Waals surface area (Å²) in [5.41, 5.74) is -0.444. The molecule has 1 N–H and O–H groups in total. The van der Waals surface area contributed by atoms with Gasteiger partial charge in [-0.3, -0.25) is 0 Å². The maximum absolute atomic E-state index is 12.8. The van der Waals surface area contributed by atoms with Crippen molar-refractivity contribution in [1.82, 2.24) is 10.2 Å². The number of amides is 2. The summed E-state index contributed by atoms with van der Waals surface area (Å²) in [6, 6.07) is 20.9. The Bertz CT molecular complexity index is 1300. The van der Waals surface area contributed by atoms with E-state index in [0.717, 1.165) is 17.7 Å². The summed E-state index contributed by atoms with van der Waals surface area (Å²) < 4.78 is 55.6. The van der Waals surface area contributed by atoms with Gasteiger partial charge in [0.15, 0.2) is 0 Å². The van der Waals surface area contributed by atoms with E-state index in [-0.39, 0.29) is 25.2 Å². The Labute approximate surface area is 237 Å². The highest BCUT2D eigenvalue weighted by Crippen LogP contribution is 2.29. The Balaban J connectivity index is 1.26. The van der Waals surface area contributed by atoms with Crippen LogP contribution in [0.5, 0.6) is 11.5 Å². The van der Waals surface area contributed by atoms with Crippen molar-refractivity contribution >= 4 is 12.0 Å². The van der Waals surface area contributed by atoms with E-state index in [1.165, 1.54) is 12.1 Å². The Morgan fingerprint density at radius 2 is 1.61 bits per heavy atom. The fourth-order valence-corrected chi connectivity index (χ4v) is 4.57. The van der Waals surface area contributed by atoms with Crippen LogP contribution >= 0.6 is 0 Å². The van der Waals surface area contributed by atoms with E-state index in [2.05, 4.69) is 5.32 Å². The Hall–Kier alpha value is -4.21. The van der Waals surface area contributed by atoms with E-state index in [1.54, 1.807) is 30.9 Å². The van der Waals surface area contributed by atoms with Crippen LogP contribution in [-0.2, 0) is 28.7 Å². The third-order valence-electron chi connectivity index (χ3n) is 6.70.